The van der Waals surface area contributed by atoms with E-state index >= 15 is 0 Å². The fourth-order valence-corrected chi connectivity index (χ4v) is 12.1. The maximum absolute atomic E-state index is 2.43. The van der Waals surface area contributed by atoms with E-state index in [1.54, 1.807) is 5.30 Å². The molecule has 0 radical (unpaired) electrons. The van der Waals surface area contributed by atoms with Crippen molar-refractivity contribution >= 4 is 32.4 Å². The Kier molecular flexibility index (Phi) is 18.3. The standard InChI is InChI=1S/C20H22NP.C17H26P.C5H5.2Fe/c1-15(21(2)3)17-12-8-13-18(17)19-11-6-7-14-20(19)22-16-9-4-5-10-16;1-3-9-15(10-4-1)18(17-13-7-8-14-17)16-11-5-2-6-12-16;1-2-4-5-3-1;;/h4-15,22H,1-3H3;7-8,13-16H,1-6,9-12H2;1-5H;;/q-6;2*-1;;/t15-;;;;/m1..../s1. The zero-order valence-electron chi connectivity index (χ0n) is 28.5. The van der Waals surface area contributed by atoms with Crippen molar-refractivity contribution in [3.8, 4) is 11.1 Å². The van der Waals surface area contributed by atoms with Crippen LogP contribution in [0.5, 0.6) is 0 Å². The molecule has 47 heavy (non-hydrogen) atoms. The SMILES string of the molecule is C[C@H]([c-]1cccc1-c1ccccc1P[c-]1[cH-][cH-][cH-][cH-]1)N(C)C.[Fe].[Fe].c1cc(P(C2CCCCC2)C2CCCCC2)c[cH-]1.c1cc[cH-]c1. The van der Waals surface area contributed by atoms with Gasteiger partial charge in [0.25, 0.3) is 0 Å². The third-order valence-corrected chi connectivity index (χ3v) is 14.5. The zero-order chi connectivity index (χ0) is 31.3. The Labute approximate surface area is 310 Å². The van der Waals surface area contributed by atoms with Gasteiger partial charge in [-0.05, 0) is 57.1 Å². The molecule has 2 aliphatic rings. The monoisotopic (exact) mass is 745 g/mol. The molecule has 0 N–H and O–H groups in total. The first-order chi connectivity index (χ1) is 22.1. The summed E-state index contributed by atoms with van der Waals surface area (Å²) in [5.74, 6) is 0. The summed E-state index contributed by atoms with van der Waals surface area (Å²) in [5, 5.41) is 4.55. The molecule has 2 atom stereocenters. The Balaban J connectivity index is 0.000000217. The molecule has 2 aliphatic carbocycles. The van der Waals surface area contributed by atoms with Crippen LogP contribution in [-0.2, 0) is 34.1 Å². The fourth-order valence-electron chi connectivity index (χ4n) is 7.06. The molecule has 5 heteroatoms. The minimum absolute atomic E-state index is 0. The topological polar surface area (TPSA) is 3.24 Å². The van der Waals surface area contributed by atoms with Crippen LogP contribution < -0.4 is 15.9 Å². The fraction of sp³-hybridized carbons (Fsp3) is 0.381. The van der Waals surface area contributed by atoms with Gasteiger partial charge >= 0.3 is 0 Å². The van der Waals surface area contributed by atoms with Crippen LogP contribution >= 0.6 is 16.5 Å². The molecule has 0 amide bonds. The van der Waals surface area contributed by atoms with Gasteiger partial charge in [-0.1, -0.05) is 80.6 Å². The first-order valence-electron chi connectivity index (χ1n) is 17.3. The summed E-state index contributed by atoms with van der Waals surface area (Å²) in [6.07, 6.45) is 15.1. The van der Waals surface area contributed by atoms with E-state index in [2.05, 4.69) is 117 Å². The molecule has 0 spiro atoms. The van der Waals surface area contributed by atoms with Gasteiger partial charge < -0.3 is 34.5 Å². The number of hydrogen-bond acceptors (Lipinski definition) is 1. The van der Waals surface area contributed by atoms with Crippen LogP contribution in [0.4, 0.5) is 0 Å². The normalized spacial score (nSPS) is 16.1. The second kappa shape index (κ2) is 21.5. The van der Waals surface area contributed by atoms with Crippen LogP contribution in [0.25, 0.3) is 11.1 Å². The smallest absolute Gasteiger partial charge is 0 e. The summed E-state index contributed by atoms with van der Waals surface area (Å²) in [5.41, 5.74) is 6.26. The zero-order valence-corrected chi connectivity index (χ0v) is 32.6. The van der Waals surface area contributed by atoms with E-state index in [1.165, 1.54) is 91.5 Å². The molecule has 0 aliphatic heterocycles. The Morgan fingerprint density at radius 1 is 0.745 bits per heavy atom. The van der Waals surface area contributed by atoms with E-state index in [0.717, 1.165) is 11.3 Å². The summed E-state index contributed by atoms with van der Waals surface area (Å²) in [6, 6.07) is 43.9. The number of nitrogens with zero attached hydrogens (tertiary/aromatic N) is 1. The Morgan fingerprint density at radius 3 is 1.89 bits per heavy atom. The average Bonchev–Trinajstić information content (AvgIpc) is 3.92. The third-order valence-electron chi connectivity index (χ3n) is 9.67. The van der Waals surface area contributed by atoms with Crippen molar-refractivity contribution in [1.82, 2.24) is 4.90 Å². The molecule has 5 aromatic carbocycles. The molecule has 2 saturated carbocycles. The molecule has 0 aromatic heterocycles. The van der Waals surface area contributed by atoms with Crippen LogP contribution in [0.2, 0.25) is 0 Å². The van der Waals surface area contributed by atoms with Crippen LogP contribution in [0, 0.1) is 0 Å². The molecule has 260 valence electrons. The molecule has 0 saturated heterocycles. The van der Waals surface area contributed by atoms with E-state index in [9.17, 15) is 0 Å². The molecule has 5 aromatic rings. The molecule has 0 bridgehead atoms. The van der Waals surface area contributed by atoms with E-state index in [4.69, 9.17) is 0 Å². The first kappa shape index (κ1) is 39.9. The molecule has 1 nitrogen and oxygen atoms in total. The van der Waals surface area contributed by atoms with Gasteiger partial charge in [0.15, 0.2) is 0 Å². The molecular weight excluding hydrogens is 692 g/mol. The predicted octanol–water partition coefficient (Wildman–Crippen LogP) is 10.6. The molecule has 0 heterocycles. The van der Waals surface area contributed by atoms with E-state index in [0.29, 0.717) is 14.6 Å². The quantitative estimate of drug-likeness (QED) is 0.0869. The Bertz CT molecular complexity index is 1400. The average molecular weight is 746 g/mol. The van der Waals surface area contributed by atoms with Crippen LogP contribution in [0.3, 0.4) is 0 Å². The summed E-state index contributed by atoms with van der Waals surface area (Å²) >= 11 is 0. The second-order valence-corrected chi connectivity index (χ2v) is 17.1. The van der Waals surface area contributed by atoms with Crippen LogP contribution in [0.15, 0.2) is 121 Å². The van der Waals surface area contributed by atoms with E-state index < -0.39 is 0 Å². The van der Waals surface area contributed by atoms with Gasteiger partial charge in [-0.2, -0.15) is 53.8 Å². The molecule has 2 fully saturated rings. The van der Waals surface area contributed by atoms with Crippen molar-refractivity contribution in [2.24, 2.45) is 0 Å². The van der Waals surface area contributed by atoms with Gasteiger partial charge in [-0.3, -0.25) is 8.58 Å². The number of hydrogen-bond donors (Lipinski definition) is 0. The maximum atomic E-state index is 2.43. The Morgan fingerprint density at radius 2 is 1.36 bits per heavy atom. The summed E-state index contributed by atoms with van der Waals surface area (Å²) < 4.78 is 0. The van der Waals surface area contributed by atoms with Crippen molar-refractivity contribution in [3.63, 3.8) is 0 Å². The van der Waals surface area contributed by atoms with E-state index in [-0.39, 0.29) is 42.1 Å². The summed E-state index contributed by atoms with van der Waals surface area (Å²) in [7, 11) is 5.13. The summed E-state index contributed by atoms with van der Waals surface area (Å²) in [4.78, 5) is 2.26. The largest absolute Gasteiger partial charge is 0.747 e. The summed E-state index contributed by atoms with van der Waals surface area (Å²) in [6.45, 7) is 2.26. The Hall–Kier alpha value is -1.52. The van der Waals surface area contributed by atoms with E-state index in [1.807, 2.05) is 30.3 Å². The van der Waals surface area contributed by atoms with Crippen LogP contribution in [0.1, 0.15) is 82.7 Å². The maximum Gasteiger partial charge on any atom is 0 e. The van der Waals surface area contributed by atoms with Crippen molar-refractivity contribution in [3.05, 3.63) is 127 Å². The minimum Gasteiger partial charge on any atom is -0.747 e. The number of benzene rings is 1. The van der Waals surface area contributed by atoms with Gasteiger partial charge in [0, 0.05) is 34.1 Å². The molecular formula is C42H53Fe2NP2-8. The van der Waals surface area contributed by atoms with Crippen molar-refractivity contribution in [2.75, 3.05) is 14.1 Å². The van der Waals surface area contributed by atoms with Gasteiger partial charge in [-0.25, -0.2) is 18.2 Å². The second-order valence-electron chi connectivity index (χ2n) is 13.0. The molecule has 7 rings (SSSR count). The third kappa shape index (κ3) is 11.8. The van der Waals surface area contributed by atoms with Gasteiger partial charge in [0.05, 0.1) is 0 Å². The van der Waals surface area contributed by atoms with Crippen LogP contribution in [-0.4, -0.2) is 30.3 Å². The van der Waals surface area contributed by atoms with Gasteiger partial charge in [-0.15, -0.1) is 25.1 Å². The van der Waals surface area contributed by atoms with Crippen molar-refractivity contribution < 1.29 is 34.1 Å². The minimum atomic E-state index is 0. The van der Waals surface area contributed by atoms with Gasteiger partial charge in [0.1, 0.15) is 0 Å². The number of rotatable bonds is 8. The first-order valence-corrected chi connectivity index (χ1v) is 19.8. The predicted molar refractivity (Wildman–Crippen MR) is 204 cm³/mol. The van der Waals surface area contributed by atoms with Crippen molar-refractivity contribution in [1.29, 1.82) is 0 Å². The van der Waals surface area contributed by atoms with Crippen molar-refractivity contribution in [2.45, 2.75) is 88.5 Å². The molecule has 1 unspecified atom stereocenters. The van der Waals surface area contributed by atoms with Gasteiger partial charge in [0.2, 0.25) is 0 Å².